The first kappa shape index (κ1) is 22.7. The van der Waals surface area contributed by atoms with Gasteiger partial charge in [0, 0.05) is 32.1 Å². The number of amides is 2. The summed E-state index contributed by atoms with van der Waals surface area (Å²) in [5.41, 5.74) is 1.06. The lowest BCUT2D eigenvalue weighted by molar-refractivity contribution is -0.118. The monoisotopic (exact) mass is 431 g/mol. The van der Waals surface area contributed by atoms with Crippen LogP contribution in [0.15, 0.2) is 30.6 Å². The lowest BCUT2D eigenvalue weighted by Crippen LogP contribution is -2.38. The maximum atomic E-state index is 14.2. The molecule has 2 amide bonds. The summed E-state index contributed by atoms with van der Waals surface area (Å²) in [5.74, 6) is -2.48. The number of anilines is 1. The zero-order valence-electron chi connectivity index (χ0n) is 17.9. The Morgan fingerprint density at radius 1 is 1.03 bits per heavy atom. The van der Waals surface area contributed by atoms with Crippen molar-refractivity contribution in [2.45, 2.75) is 32.7 Å². The number of aromatic nitrogens is 2. The molecule has 166 valence electrons. The molecular weight excluding hydrogens is 404 g/mol. The predicted molar refractivity (Wildman–Crippen MR) is 113 cm³/mol. The largest absolute Gasteiger partial charge is 0.334 e. The van der Waals surface area contributed by atoms with Crippen molar-refractivity contribution in [2.24, 2.45) is 0 Å². The highest BCUT2D eigenvalue weighted by molar-refractivity contribution is 5.95. The summed E-state index contributed by atoms with van der Waals surface area (Å²) < 4.78 is 28.3. The molecule has 0 atom stereocenters. The van der Waals surface area contributed by atoms with Crippen LogP contribution in [0.25, 0.3) is 0 Å². The van der Waals surface area contributed by atoms with E-state index in [2.05, 4.69) is 15.1 Å². The maximum Gasteiger partial charge on any atom is 0.255 e. The Hall–Kier alpha value is -2.94. The highest BCUT2D eigenvalue weighted by Gasteiger charge is 2.24. The Labute approximate surface area is 180 Å². The number of carbonyl (C=O) groups is 2. The fraction of sp³-hybridized carbons (Fsp3) is 0.455. The first-order chi connectivity index (χ1) is 14.9. The van der Waals surface area contributed by atoms with Crippen molar-refractivity contribution in [1.82, 2.24) is 20.0 Å². The van der Waals surface area contributed by atoms with Gasteiger partial charge in [0.05, 0.1) is 23.6 Å². The molecule has 0 saturated heterocycles. The van der Waals surface area contributed by atoms with Crippen molar-refractivity contribution in [2.75, 3.05) is 38.1 Å². The summed E-state index contributed by atoms with van der Waals surface area (Å²) in [7, 11) is 1.99. The Balaban J connectivity index is 2.04. The molecule has 0 spiro atoms. The highest BCUT2D eigenvalue weighted by Crippen LogP contribution is 2.27. The van der Waals surface area contributed by atoms with Gasteiger partial charge in [0.2, 0.25) is 5.91 Å². The number of fused-ring (bicyclic) bond motifs is 1. The lowest BCUT2D eigenvalue weighted by atomic mass is 10.1. The molecule has 0 unspecified atom stereocenters. The van der Waals surface area contributed by atoms with E-state index in [1.807, 2.05) is 7.05 Å². The standard InChI is InChI=1S/C22H27F2N5O2/c1-3-21(30)29-11-5-9-27(2)8-4-10-28(22(31)16-6-7-25-26-14-16)15-17-12-18(23)19(24)13-20(17)29/h6-7,12-14H,3-5,8-11,15H2,1-2H3. The molecule has 0 aliphatic carbocycles. The number of carbonyl (C=O) groups excluding carboxylic acids is 2. The van der Waals surface area contributed by atoms with E-state index in [1.54, 1.807) is 17.9 Å². The molecule has 2 aromatic rings. The van der Waals surface area contributed by atoms with Crippen LogP contribution in [0.2, 0.25) is 0 Å². The number of hydrogen-bond acceptors (Lipinski definition) is 5. The minimum atomic E-state index is -1.02. The van der Waals surface area contributed by atoms with Crippen LogP contribution in [0, 0.1) is 11.6 Å². The third-order valence-electron chi connectivity index (χ3n) is 5.38. The molecule has 1 aliphatic rings. The van der Waals surface area contributed by atoms with Crippen molar-refractivity contribution in [3.63, 3.8) is 0 Å². The summed E-state index contributed by atoms with van der Waals surface area (Å²) in [6, 6.07) is 3.71. The SMILES string of the molecule is CCC(=O)N1CCCN(C)CCCN(C(=O)c2ccnnc2)Cc2cc(F)c(F)cc21. The van der Waals surface area contributed by atoms with Gasteiger partial charge >= 0.3 is 0 Å². The van der Waals surface area contributed by atoms with E-state index < -0.39 is 11.6 Å². The molecule has 1 aliphatic heterocycles. The molecule has 31 heavy (non-hydrogen) atoms. The van der Waals surface area contributed by atoms with Crippen LogP contribution in [0.1, 0.15) is 42.1 Å². The molecule has 0 radical (unpaired) electrons. The maximum absolute atomic E-state index is 14.2. The van der Waals surface area contributed by atoms with Gasteiger partial charge in [-0.3, -0.25) is 9.59 Å². The molecule has 0 saturated carbocycles. The smallest absolute Gasteiger partial charge is 0.255 e. The van der Waals surface area contributed by atoms with Crippen LogP contribution in [-0.4, -0.2) is 65.0 Å². The van der Waals surface area contributed by atoms with Gasteiger partial charge in [-0.1, -0.05) is 6.92 Å². The molecule has 0 N–H and O–H groups in total. The summed E-state index contributed by atoms with van der Waals surface area (Å²) >= 11 is 0. The van der Waals surface area contributed by atoms with Crippen LogP contribution >= 0.6 is 0 Å². The van der Waals surface area contributed by atoms with Gasteiger partial charge in [0.1, 0.15) is 0 Å². The van der Waals surface area contributed by atoms with Crippen LogP contribution < -0.4 is 4.90 Å². The molecule has 0 fully saturated rings. The van der Waals surface area contributed by atoms with Gasteiger partial charge < -0.3 is 14.7 Å². The van der Waals surface area contributed by atoms with Gasteiger partial charge in [-0.05, 0) is 50.7 Å². The molecule has 2 heterocycles. The van der Waals surface area contributed by atoms with Gasteiger partial charge in [-0.25, -0.2) is 8.78 Å². The van der Waals surface area contributed by atoms with E-state index in [1.165, 1.54) is 17.3 Å². The van der Waals surface area contributed by atoms with Gasteiger partial charge in [0.25, 0.3) is 5.91 Å². The van der Waals surface area contributed by atoms with Crippen LogP contribution in [0.4, 0.5) is 14.5 Å². The minimum absolute atomic E-state index is 0.0465. The van der Waals surface area contributed by atoms with Crippen molar-refractivity contribution in [3.05, 3.63) is 53.4 Å². The normalized spacial score (nSPS) is 16.3. The molecular formula is C22H27F2N5O2. The van der Waals surface area contributed by atoms with Crippen LogP contribution in [0.3, 0.4) is 0 Å². The Morgan fingerprint density at radius 2 is 1.74 bits per heavy atom. The molecule has 3 rings (SSSR count). The molecule has 1 aromatic carbocycles. The number of halogens is 2. The number of benzene rings is 1. The fourth-order valence-corrected chi connectivity index (χ4v) is 3.73. The first-order valence-corrected chi connectivity index (χ1v) is 10.4. The first-order valence-electron chi connectivity index (χ1n) is 10.4. The average molecular weight is 431 g/mol. The lowest BCUT2D eigenvalue weighted by Gasteiger charge is -2.31. The van der Waals surface area contributed by atoms with Gasteiger partial charge in [-0.2, -0.15) is 10.2 Å². The molecule has 7 nitrogen and oxygen atoms in total. The van der Waals surface area contributed by atoms with E-state index in [4.69, 9.17) is 0 Å². The van der Waals surface area contributed by atoms with Crippen LogP contribution in [0.5, 0.6) is 0 Å². The van der Waals surface area contributed by atoms with E-state index in [0.717, 1.165) is 31.6 Å². The predicted octanol–water partition coefficient (Wildman–Crippen LogP) is 2.87. The topological polar surface area (TPSA) is 69.6 Å². The summed E-state index contributed by atoms with van der Waals surface area (Å²) in [6.45, 7) is 4.10. The van der Waals surface area contributed by atoms with E-state index >= 15 is 0 Å². The summed E-state index contributed by atoms with van der Waals surface area (Å²) in [5, 5.41) is 7.46. The van der Waals surface area contributed by atoms with E-state index in [-0.39, 0.29) is 24.8 Å². The second-order valence-electron chi connectivity index (χ2n) is 7.66. The number of rotatable bonds is 2. The van der Waals surface area contributed by atoms with Crippen molar-refractivity contribution in [3.8, 4) is 0 Å². The zero-order chi connectivity index (χ0) is 22.4. The van der Waals surface area contributed by atoms with Crippen LogP contribution in [-0.2, 0) is 11.3 Å². The van der Waals surface area contributed by atoms with Crippen molar-refractivity contribution < 1.29 is 18.4 Å². The second kappa shape index (κ2) is 10.4. The Kier molecular flexibility index (Phi) is 7.62. The fourth-order valence-electron chi connectivity index (χ4n) is 3.73. The molecule has 9 heteroatoms. The zero-order valence-corrected chi connectivity index (χ0v) is 17.9. The number of nitrogens with zero attached hydrogens (tertiary/aromatic N) is 5. The van der Waals surface area contributed by atoms with E-state index in [0.29, 0.717) is 36.3 Å². The average Bonchev–Trinajstić information content (AvgIpc) is 2.77. The molecule has 0 bridgehead atoms. The van der Waals surface area contributed by atoms with Gasteiger partial charge in [0.15, 0.2) is 11.6 Å². The third-order valence-corrected chi connectivity index (χ3v) is 5.38. The van der Waals surface area contributed by atoms with Crippen molar-refractivity contribution >= 4 is 17.5 Å². The molecule has 1 aromatic heterocycles. The summed E-state index contributed by atoms with van der Waals surface area (Å²) in [6.07, 6.45) is 4.47. The summed E-state index contributed by atoms with van der Waals surface area (Å²) in [4.78, 5) is 31.0. The second-order valence-corrected chi connectivity index (χ2v) is 7.66. The van der Waals surface area contributed by atoms with Crippen molar-refractivity contribution in [1.29, 1.82) is 0 Å². The highest BCUT2D eigenvalue weighted by atomic mass is 19.2. The quantitative estimate of drug-likeness (QED) is 0.731. The minimum Gasteiger partial charge on any atom is -0.334 e. The van der Waals surface area contributed by atoms with E-state index in [9.17, 15) is 18.4 Å². The Bertz CT molecular complexity index is 926. The number of hydrogen-bond donors (Lipinski definition) is 0. The van der Waals surface area contributed by atoms with Gasteiger partial charge in [-0.15, -0.1) is 0 Å². The third kappa shape index (κ3) is 5.61. The Morgan fingerprint density at radius 3 is 2.42 bits per heavy atom.